The minimum atomic E-state index is 0.154. The van der Waals surface area contributed by atoms with Crippen LogP contribution < -0.4 is 5.32 Å². The first kappa shape index (κ1) is 10.7. The highest BCUT2D eigenvalue weighted by Gasteiger charge is 2.12. The lowest BCUT2D eigenvalue weighted by molar-refractivity contribution is 0.103. The van der Waals surface area contributed by atoms with Crippen molar-refractivity contribution in [2.45, 2.75) is 6.04 Å². The van der Waals surface area contributed by atoms with Crippen LogP contribution in [0.2, 0.25) is 5.02 Å². The fraction of sp³-hybridized carbons (Fsp3) is 0.500. The van der Waals surface area contributed by atoms with Crippen LogP contribution in [0.3, 0.4) is 0 Å². The average molecular weight is 229 g/mol. The highest BCUT2D eigenvalue weighted by atomic mass is 35.5. The number of aromatic nitrogens is 1. The van der Waals surface area contributed by atoms with Crippen LogP contribution in [0, 0.1) is 0 Å². The number of anilines is 1. The Labute approximate surface area is 93.6 Å². The van der Waals surface area contributed by atoms with Gasteiger partial charge < -0.3 is 14.8 Å². The highest BCUT2D eigenvalue weighted by Crippen LogP contribution is 2.11. The van der Waals surface area contributed by atoms with Gasteiger partial charge in [-0.1, -0.05) is 11.6 Å². The van der Waals surface area contributed by atoms with Crippen molar-refractivity contribution in [2.75, 3.05) is 31.7 Å². The molecule has 15 heavy (non-hydrogen) atoms. The molecule has 1 fully saturated rings. The summed E-state index contributed by atoms with van der Waals surface area (Å²) < 4.78 is 10.7. The van der Waals surface area contributed by atoms with Crippen molar-refractivity contribution >= 4 is 17.4 Å². The lowest BCUT2D eigenvalue weighted by atomic mass is 10.3. The van der Waals surface area contributed by atoms with Gasteiger partial charge >= 0.3 is 0 Å². The van der Waals surface area contributed by atoms with E-state index in [9.17, 15) is 0 Å². The van der Waals surface area contributed by atoms with E-state index in [2.05, 4.69) is 10.3 Å². The third-order valence-electron chi connectivity index (χ3n) is 2.09. The maximum Gasteiger partial charge on any atom is 0.126 e. The van der Waals surface area contributed by atoms with Gasteiger partial charge in [0.25, 0.3) is 0 Å². The fourth-order valence-corrected chi connectivity index (χ4v) is 1.48. The van der Waals surface area contributed by atoms with E-state index in [1.54, 1.807) is 12.3 Å². The maximum absolute atomic E-state index is 5.74. The number of rotatable bonds is 2. The molecule has 0 atom stereocenters. The van der Waals surface area contributed by atoms with Gasteiger partial charge in [-0.05, 0) is 12.1 Å². The van der Waals surface area contributed by atoms with E-state index >= 15 is 0 Å². The quantitative estimate of drug-likeness (QED) is 0.835. The van der Waals surface area contributed by atoms with Crippen LogP contribution >= 0.6 is 11.6 Å². The summed E-state index contributed by atoms with van der Waals surface area (Å²) in [4.78, 5) is 4.15. The van der Waals surface area contributed by atoms with Gasteiger partial charge in [0.1, 0.15) is 5.82 Å². The van der Waals surface area contributed by atoms with Gasteiger partial charge in [0.2, 0.25) is 0 Å². The van der Waals surface area contributed by atoms with Crippen molar-refractivity contribution < 1.29 is 9.47 Å². The smallest absolute Gasteiger partial charge is 0.126 e. The van der Waals surface area contributed by atoms with E-state index in [-0.39, 0.29) is 6.04 Å². The molecule has 1 N–H and O–H groups in total. The average Bonchev–Trinajstić information content (AvgIpc) is 2.50. The number of hydrogen-bond acceptors (Lipinski definition) is 4. The Morgan fingerprint density at radius 1 is 1.27 bits per heavy atom. The molecule has 5 heteroatoms. The zero-order valence-electron chi connectivity index (χ0n) is 8.28. The van der Waals surface area contributed by atoms with Crippen LogP contribution in [0.15, 0.2) is 18.3 Å². The Kier molecular flexibility index (Phi) is 3.77. The molecule has 0 amide bonds. The summed E-state index contributed by atoms with van der Waals surface area (Å²) in [6.07, 6.45) is 1.61. The second kappa shape index (κ2) is 5.30. The van der Waals surface area contributed by atoms with Crippen LogP contribution in [0.1, 0.15) is 0 Å². The Hall–Kier alpha value is -0.840. The molecule has 4 nitrogen and oxygen atoms in total. The summed E-state index contributed by atoms with van der Waals surface area (Å²) >= 11 is 5.74. The molecule has 0 radical (unpaired) electrons. The number of nitrogens with zero attached hydrogens (tertiary/aromatic N) is 1. The van der Waals surface area contributed by atoms with Gasteiger partial charge in [0, 0.05) is 6.20 Å². The molecule has 1 aromatic rings. The van der Waals surface area contributed by atoms with Crippen molar-refractivity contribution in [1.82, 2.24) is 4.98 Å². The monoisotopic (exact) mass is 228 g/mol. The Bertz CT molecular complexity index is 297. The first-order valence-corrected chi connectivity index (χ1v) is 5.26. The number of nitrogens with one attached hydrogen (secondary N) is 1. The predicted octanol–water partition coefficient (Wildman–Crippen LogP) is 1.56. The first-order valence-electron chi connectivity index (χ1n) is 4.88. The molecule has 2 heterocycles. The third kappa shape index (κ3) is 3.34. The number of halogens is 1. The highest BCUT2D eigenvalue weighted by molar-refractivity contribution is 6.30. The van der Waals surface area contributed by atoms with E-state index in [0.717, 1.165) is 5.82 Å². The minimum Gasteiger partial charge on any atom is -0.377 e. The molecule has 1 aliphatic rings. The number of ether oxygens (including phenoxy) is 2. The summed E-state index contributed by atoms with van der Waals surface area (Å²) in [6, 6.07) is 3.80. The maximum atomic E-state index is 5.74. The Morgan fingerprint density at radius 3 is 2.60 bits per heavy atom. The summed E-state index contributed by atoms with van der Waals surface area (Å²) in [5.41, 5.74) is 0. The zero-order chi connectivity index (χ0) is 10.5. The predicted molar refractivity (Wildman–Crippen MR) is 58.3 cm³/mol. The molecule has 0 aromatic carbocycles. The van der Waals surface area contributed by atoms with E-state index < -0.39 is 0 Å². The van der Waals surface area contributed by atoms with Gasteiger partial charge in [0.05, 0.1) is 37.5 Å². The molecular formula is C10H13ClN2O2. The SMILES string of the molecule is Clc1ccc(NC2COCCOC2)nc1. The molecule has 1 saturated heterocycles. The largest absolute Gasteiger partial charge is 0.377 e. The van der Waals surface area contributed by atoms with Gasteiger partial charge in [-0.15, -0.1) is 0 Å². The summed E-state index contributed by atoms with van der Waals surface area (Å²) in [6.45, 7) is 2.60. The van der Waals surface area contributed by atoms with Crippen molar-refractivity contribution in [3.63, 3.8) is 0 Å². The normalized spacial score (nSPS) is 18.5. The van der Waals surface area contributed by atoms with E-state index in [1.807, 2.05) is 6.07 Å². The van der Waals surface area contributed by atoms with Crippen LogP contribution in [0.25, 0.3) is 0 Å². The van der Waals surface area contributed by atoms with Gasteiger partial charge in [-0.3, -0.25) is 0 Å². The summed E-state index contributed by atoms with van der Waals surface area (Å²) in [5.74, 6) is 0.790. The third-order valence-corrected chi connectivity index (χ3v) is 2.31. The first-order chi connectivity index (χ1) is 7.34. The molecule has 1 aliphatic heterocycles. The Balaban J connectivity index is 1.92. The summed E-state index contributed by atoms with van der Waals surface area (Å²) in [5, 5.41) is 3.86. The lowest BCUT2D eigenvalue weighted by Gasteiger charge is -2.15. The van der Waals surface area contributed by atoms with Crippen LogP contribution in [-0.4, -0.2) is 37.5 Å². The second-order valence-electron chi connectivity index (χ2n) is 3.35. The number of hydrogen-bond donors (Lipinski definition) is 1. The van der Waals surface area contributed by atoms with E-state index in [4.69, 9.17) is 21.1 Å². The molecule has 0 saturated carbocycles. The van der Waals surface area contributed by atoms with Crippen LogP contribution in [-0.2, 0) is 9.47 Å². The van der Waals surface area contributed by atoms with Crippen LogP contribution in [0.4, 0.5) is 5.82 Å². The molecule has 0 aliphatic carbocycles. The van der Waals surface area contributed by atoms with Gasteiger partial charge in [-0.25, -0.2) is 4.98 Å². The standard InChI is InChI=1S/C10H13ClN2O2/c11-8-1-2-10(12-5-8)13-9-6-14-3-4-15-7-9/h1-2,5,9H,3-4,6-7H2,(H,12,13). The second-order valence-corrected chi connectivity index (χ2v) is 3.79. The molecule has 0 spiro atoms. The van der Waals surface area contributed by atoms with Crippen molar-refractivity contribution in [3.05, 3.63) is 23.4 Å². The van der Waals surface area contributed by atoms with Gasteiger partial charge in [0.15, 0.2) is 0 Å². The summed E-state index contributed by atoms with van der Waals surface area (Å²) in [7, 11) is 0. The zero-order valence-corrected chi connectivity index (χ0v) is 9.04. The molecule has 1 aromatic heterocycles. The molecule has 2 rings (SSSR count). The van der Waals surface area contributed by atoms with Crippen molar-refractivity contribution in [1.29, 1.82) is 0 Å². The van der Waals surface area contributed by atoms with E-state index in [1.165, 1.54) is 0 Å². The van der Waals surface area contributed by atoms with Gasteiger partial charge in [-0.2, -0.15) is 0 Å². The molecule has 0 bridgehead atoms. The lowest BCUT2D eigenvalue weighted by Crippen LogP contribution is -2.28. The number of pyridine rings is 1. The molecule has 82 valence electrons. The minimum absolute atomic E-state index is 0.154. The topological polar surface area (TPSA) is 43.4 Å². The van der Waals surface area contributed by atoms with Crippen molar-refractivity contribution in [2.24, 2.45) is 0 Å². The Morgan fingerprint density at radius 2 is 2.00 bits per heavy atom. The van der Waals surface area contributed by atoms with E-state index in [0.29, 0.717) is 31.5 Å². The molecule has 0 unspecified atom stereocenters. The van der Waals surface area contributed by atoms with Crippen LogP contribution in [0.5, 0.6) is 0 Å². The van der Waals surface area contributed by atoms with Crippen molar-refractivity contribution in [3.8, 4) is 0 Å². The molecular weight excluding hydrogens is 216 g/mol. The fourth-order valence-electron chi connectivity index (χ4n) is 1.37.